The summed E-state index contributed by atoms with van der Waals surface area (Å²) in [7, 11) is 0. The molecular formula is C9H13FN2O. The molecule has 2 N–H and O–H groups in total. The van der Waals surface area contributed by atoms with Crippen molar-refractivity contribution < 1.29 is 9.13 Å². The summed E-state index contributed by atoms with van der Waals surface area (Å²) in [6.45, 7) is 2.38. The first-order valence-corrected chi connectivity index (χ1v) is 4.19. The number of hydrogen-bond acceptors (Lipinski definition) is 3. The van der Waals surface area contributed by atoms with Crippen molar-refractivity contribution in [1.82, 2.24) is 4.98 Å². The summed E-state index contributed by atoms with van der Waals surface area (Å²) in [5.74, 6) is 0.580. The number of pyridine rings is 1. The summed E-state index contributed by atoms with van der Waals surface area (Å²) in [4.78, 5) is 3.85. The van der Waals surface area contributed by atoms with Gasteiger partial charge >= 0.3 is 0 Å². The molecule has 1 aromatic rings. The highest BCUT2D eigenvalue weighted by Gasteiger charge is 2.08. The van der Waals surface area contributed by atoms with Crippen LogP contribution >= 0.6 is 0 Å². The summed E-state index contributed by atoms with van der Waals surface area (Å²) in [5.41, 5.74) is 5.65. The zero-order chi connectivity index (χ0) is 9.68. The fourth-order valence-corrected chi connectivity index (χ4v) is 0.989. The number of hydrogen-bond donors (Lipinski definition) is 1. The van der Waals surface area contributed by atoms with Gasteiger partial charge in [-0.05, 0) is 13.0 Å². The van der Waals surface area contributed by atoms with Crippen LogP contribution in [0.4, 0.5) is 4.39 Å². The number of nitrogens with two attached hydrogens (primary N) is 1. The molecule has 1 aromatic heterocycles. The van der Waals surface area contributed by atoms with E-state index in [1.807, 2.05) is 6.92 Å². The second-order valence-corrected chi connectivity index (χ2v) is 2.59. The first kappa shape index (κ1) is 9.92. The summed E-state index contributed by atoms with van der Waals surface area (Å²) >= 11 is 0. The van der Waals surface area contributed by atoms with Crippen LogP contribution in [0.3, 0.4) is 0 Å². The third-order valence-electron chi connectivity index (χ3n) is 1.61. The normalized spacial score (nSPS) is 12.5. The lowest BCUT2D eigenvalue weighted by atomic mass is 10.2. The molecule has 0 aliphatic carbocycles. The molecule has 0 saturated heterocycles. The smallest absolute Gasteiger partial charge is 0.139 e. The van der Waals surface area contributed by atoms with Gasteiger partial charge in [-0.15, -0.1) is 0 Å². The molecule has 0 saturated carbocycles. The van der Waals surface area contributed by atoms with Gasteiger partial charge in [-0.3, -0.25) is 4.98 Å². The van der Waals surface area contributed by atoms with Crippen LogP contribution in [0.15, 0.2) is 18.5 Å². The Morgan fingerprint density at radius 1 is 1.62 bits per heavy atom. The molecule has 0 amide bonds. The van der Waals surface area contributed by atoms with Crippen LogP contribution in [-0.2, 0) is 0 Å². The van der Waals surface area contributed by atoms with E-state index in [1.165, 1.54) is 6.20 Å². The van der Waals surface area contributed by atoms with Gasteiger partial charge in [-0.1, -0.05) is 0 Å². The van der Waals surface area contributed by atoms with Crippen LogP contribution in [0.5, 0.6) is 5.75 Å². The average molecular weight is 184 g/mol. The number of rotatable bonds is 4. The first-order valence-electron chi connectivity index (χ1n) is 4.19. The van der Waals surface area contributed by atoms with Crippen LogP contribution in [0.2, 0.25) is 0 Å². The lowest BCUT2D eigenvalue weighted by Gasteiger charge is -2.07. The quantitative estimate of drug-likeness (QED) is 0.770. The monoisotopic (exact) mass is 184 g/mol. The van der Waals surface area contributed by atoms with E-state index in [0.717, 1.165) is 0 Å². The zero-order valence-corrected chi connectivity index (χ0v) is 7.53. The van der Waals surface area contributed by atoms with Crippen LogP contribution in [0.25, 0.3) is 0 Å². The van der Waals surface area contributed by atoms with Crippen LogP contribution < -0.4 is 10.5 Å². The molecule has 0 bridgehead atoms. The van der Waals surface area contributed by atoms with Crippen molar-refractivity contribution in [2.75, 3.05) is 13.2 Å². The standard InChI is InChI=1S/C9H13FN2O/c1-2-13-8-3-7(5-12-6-8)9(10)4-11/h3,5-6,9H,2,4,11H2,1H3. The Kier molecular flexibility index (Phi) is 3.64. The minimum absolute atomic E-state index is 0.0305. The predicted octanol–water partition coefficient (Wildman–Crippen LogP) is 1.45. The maximum Gasteiger partial charge on any atom is 0.139 e. The van der Waals surface area contributed by atoms with Crippen LogP contribution in [0.1, 0.15) is 18.7 Å². The number of aromatic nitrogens is 1. The number of nitrogens with zero attached hydrogens (tertiary/aromatic N) is 1. The fourth-order valence-electron chi connectivity index (χ4n) is 0.989. The second kappa shape index (κ2) is 4.77. The van der Waals surface area contributed by atoms with Gasteiger partial charge in [0.1, 0.15) is 11.9 Å². The predicted molar refractivity (Wildman–Crippen MR) is 48.3 cm³/mol. The fraction of sp³-hybridized carbons (Fsp3) is 0.444. The maximum atomic E-state index is 13.1. The van der Waals surface area contributed by atoms with Crippen molar-refractivity contribution in [2.45, 2.75) is 13.1 Å². The Morgan fingerprint density at radius 2 is 2.38 bits per heavy atom. The van der Waals surface area contributed by atoms with Gasteiger partial charge in [-0.2, -0.15) is 0 Å². The molecule has 0 aliphatic heterocycles. The van der Waals surface area contributed by atoms with Crippen LogP contribution in [-0.4, -0.2) is 18.1 Å². The van der Waals surface area contributed by atoms with Crippen LogP contribution in [0, 0.1) is 0 Å². The molecule has 0 spiro atoms. The van der Waals surface area contributed by atoms with E-state index in [9.17, 15) is 4.39 Å². The molecule has 0 aliphatic rings. The van der Waals surface area contributed by atoms with Crippen molar-refractivity contribution in [3.05, 3.63) is 24.0 Å². The molecule has 13 heavy (non-hydrogen) atoms. The van der Waals surface area contributed by atoms with Crippen molar-refractivity contribution in [2.24, 2.45) is 5.73 Å². The Hall–Kier alpha value is -1.16. The highest BCUT2D eigenvalue weighted by Crippen LogP contribution is 2.19. The van der Waals surface area contributed by atoms with Gasteiger partial charge in [0, 0.05) is 18.3 Å². The lowest BCUT2D eigenvalue weighted by molar-refractivity contribution is 0.329. The summed E-state index contributed by atoms with van der Waals surface area (Å²) in [6, 6.07) is 1.62. The maximum absolute atomic E-state index is 13.1. The molecule has 72 valence electrons. The van der Waals surface area contributed by atoms with E-state index in [1.54, 1.807) is 12.3 Å². The minimum Gasteiger partial charge on any atom is -0.492 e. The second-order valence-electron chi connectivity index (χ2n) is 2.59. The Bertz CT molecular complexity index is 268. The zero-order valence-electron chi connectivity index (χ0n) is 7.53. The topological polar surface area (TPSA) is 48.1 Å². The average Bonchev–Trinajstić information content (AvgIpc) is 2.18. The van der Waals surface area contributed by atoms with E-state index in [0.29, 0.717) is 17.9 Å². The molecular weight excluding hydrogens is 171 g/mol. The van der Waals surface area contributed by atoms with Gasteiger partial charge in [-0.25, -0.2) is 4.39 Å². The summed E-state index contributed by atoms with van der Waals surface area (Å²) in [5, 5.41) is 0. The molecule has 1 heterocycles. The van der Waals surface area contributed by atoms with Gasteiger partial charge in [0.2, 0.25) is 0 Å². The first-order chi connectivity index (χ1) is 6.27. The van der Waals surface area contributed by atoms with E-state index < -0.39 is 6.17 Å². The lowest BCUT2D eigenvalue weighted by Crippen LogP contribution is -2.08. The highest BCUT2D eigenvalue weighted by molar-refractivity contribution is 5.25. The van der Waals surface area contributed by atoms with E-state index in [4.69, 9.17) is 10.5 Å². The molecule has 1 unspecified atom stereocenters. The Balaban J connectivity index is 2.78. The number of alkyl halides is 1. The van der Waals surface area contributed by atoms with Crippen molar-refractivity contribution in [3.63, 3.8) is 0 Å². The summed E-state index contributed by atoms with van der Waals surface area (Å²) < 4.78 is 18.2. The molecule has 0 fully saturated rings. The molecule has 4 heteroatoms. The van der Waals surface area contributed by atoms with Gasteiger partial charge in [0.15, 0.2) is 0 Å². The molecule has 0 radical (unpaired) electrons. The van der Waals surface area contributed by atoms with Crippen molar-refractivity contribution >= 4 is 0 Å². The Labute approximate surface area is 76.7 Å². The van der Waals surface area contributed by atoms with Gasteiger partial charge in [0.05, 0.1) is 12.8 Å². The van der Waals surface area contributed by atoms with E-state index in [2.05, 4.69) is 4.98 Å². The highest BCUT2D eigenvalue weighted by atomic mass is 19.1. The number of halogens is 1. The molecule has 1 rings (SSSR count). The van der Waals surface area contributed by atoms with E-state index >= 15 is 0 Å². The summed E-state index contributed by atoms with van der Waals surface area (Å²) in [6.07, 6.45) is 1.85. The third-order valence-corrected chi connectivity index (χ3v) is 1.61. The minimum atomic E-state index is -1.16. The third kappa shape index (κ3) is 2.66. The Morgan fingerprint density at radius 3 is 3.00 bits per heavy atom. The van der Waals surface area contributed by atoms with Crippen molar-refractivity contribution in [3.8, 4) is 5.75 Å². The molecule has 0 aromatic carbocycles. The van der Waals surface area contributed by atoms with Gasteiger partial charge < -0.3 is 10.5 Å². The van der Waals surface area contributed by atoms with E-state index in [-0.39, 0.29) is 6.54 Å². The largest absolute Gasteiger partial charge is 0.492 e. The van der Waals surface area contributed by atoms with Crippen molar-refractivity contribution in [1.29, 1.82) is 0 Å². The van der Waals surface area contributed by atoms with Gasteiger partial charge in [0.25, 0.3) is 0 Å². The SMILES string of the molecule is CCOc1cncc(C(F)CN)c1. The molecule has 3 nitrogen and oxygen atoms in total. The number of ether oxygens (including phenoxy) is 1. The molecule has 1 atom stereocenters.